The van der Waals surface area contributed by atoms with E-state index in [9.17, 15) is 9.18 Å². The molecule has 0 unspecified atom stereocenters. The number of hydrogen-bond acceptors (Lipinski definition) is 4. The summed E-state index contributed by atoms with van der Waals surface area (Å²) in [5.41, 5.74) is 2.31. The Labute approximate surface area is 171 Å². The smallest absolute Gasteiger partial charge is 0.329 e. The van der Waals surface area contributed by atoms with E-state index in [1.807, 2.05) is 42.5 Å². The van der Waals surface area contributed by atoms with E-state index in [0.29, 0.717) is 6.61 Å². The molecule has 1 aliphatic rings. The van der Waals surface area contributed by atoms with Crippen molar-refractivity contribution in [2.75, 3.05) is 45.9 Å². The normalized spacial score (nSPS) is 16.9. The van der Waals surface area contributed by atoms with Crippen molar-refractivity contribution < 1.29 is 19.0 Å². The molecule has 6 heteroatoms. The Morgan fingerprint density at radius 1 is 1.00 bits per heavy atom. The van der Waals surface area contributed by atoms with Crippen LogP contribution in [0.2, 0.25) is 0 Å². The molecular weight excluding hydrogens is 371 g/mol. The first kappa shape index (κ1) is 21.2. The van der Waals surface area contributed by atoms with Crippen LogP contribution in [0.5, 0.6) is 0 Å². The van der Waals surface area contributed by atoms with Gasteiger partial charge in [0.25, 0.3) is 0 Å². The van der Waals surface area contributed by atoms with Gasteiger partial charge in [0.1, 0.15) is 12.4 Å². The van der Waals surface area contributed by atoms with Gasteiger partial charge < -0.3 is 9.84 Å². The summed E-state index contributed by atoms with van der Waals surface area (Å²) in [4.78, 5) is 15.2. The van der Waals surface area contributed by atoms with Crippen LogP contribution in [0, 0.1) is 5.82 Å². The van der Waals surface area contributed by atoms with Crippen LogP contribution in [0.3, 0.4) is 0 Å². The molecule has 0 spiro atoms. The van der Waals surface area contributed by atoms with Gasteiger partial charge in [-0.05, 0) is 23.3 Å². The summed E-state index contributed by atoms with van der Waals surface area (Å²) in [6, 6.07) is 17.3. The summed E-state index contributed by atoms with van der Waals surface area (Å²) >= 11 is 0. The molecule has 3 rings (SSSR count). The van der Waals surface area contributed by atoms with Gasteiger partial charge in [-0.3, -0.25) is 9.80 Å². The minimum atomic E-state index is -0.955. The molecule has 1 atom stereocenters. The van der Waals surface area contributed by atoms with Crippen molar-refractivity contribution in [2.45, 2.75) is 6.04 Å². The zero-order chi connectivity index (χ0) is 20.5. The van der Waals surface area contributed by atoms with Crippen LogP contribution in [0.4, 0.5) is 4.39 Å². The second kappa shape index (κ2) is 10.9. The predicted molar refractivity (Wildman–Crippen MR) is 110 cm³/mol. The Balaban J connectivity index is 1.57. The Morgan fingerprint density at radius 2 is 1.66 bits per heavy atom. The minimum Gasteiger partial charge on any atom is -0.480 e. The van der Waals surface area contributed by atoms with E-state index in [4.69, 9.17) is 9.84 Å². The maximum absolute atomic E-state index is 13.4. The fourth-order valence-electron chi connectivity index (χ4n) is 3.60. The lowest BCUT2D eigenvalue weighted by atomic mass is 9.96. The van der Waals surface area contributed by atoms with Crippen LogP contribution in [-0.2, 0) is 9.53 Å². The lowest BCUT2D eigenvalue weighted by Gasteiger charge is -2.39. The van der Waals surface area contributed by atoms with Gasteiger partial charge in [-0.1, -0.05) is 54.6 Å². The summed E-state index contributed by atoms with van der Waals surface area (Å²) in [7, 11) is 0. The van der Waals surface area contributed by atoms with Crippen LogP contribution in [0.1, 0.15) is 17.2 Å². The molecule has 0 aromatic heterocycles. The van der Waals surface area contributed by atoms with Crippen molar-refractivity contribution in [3.05, 3.63) is 83.7 Å². The largest absolute Gasteiger partial charge is 0.480 e. The maximum atomic E-state index is 13.4. The van der Waals surface area contributed by atoms with Crippen LogP contribution in [0.25, 0.3) is 0 Å². The van der Waals surface area contributed by atoms with Crippen LogP contribution in [-0.4, -0.2) is 66.8 Å². The SMILES string of the molecule is O=C(O)COC/C=C/CN1CCN([C@H](c2ccccc2)c2ccc(F)cc2)CC1. The molecule has 1 saturated heterocycles. The summed E-state index contributed by atoms with van der Waals surface area (Å²) in [5, 5.41) is 8.54. The van der Waals surface area contributed by atoms with Crippen molar-refractivity contribution in [2.24, 2.45) is 0 Å². The second-order valence-electron chi connectivity index (χ2n) is 7.08. The van der Waals surface area contributed by atoms with Gasteiger partial charge in [0, 0.05) is 32.7 Å². The first-order chi connectivity index (χ1) is 14.1. The lowest BCUT2D eigenvalue weighted by molar-refractivity contribution is -0.141. The monoisotopic (exact) mass is 398 g/mol. The van der Waals surface area contributed by atoms with Crippen molar-refractivity contribution in [1.82, 2.24) is 9.80 Å². The minimum absolute atomic E-state index is 0.110. The van der Waals surface area contributed by atoms with Crippen molar-refractivity contribution >= 4 is 5.97 Å². The molecule has 154 valence electrons. The third-order valence-electron chi connectivity index (χ3n) is 5.04. The molecule has 0 aliphatic carbocycles. The van der Waals surface area contributed by atoms with Crippen LogP contribution in [0.15, 0.2) is 66.7 Å². The Hall–Kier alpha value is -2.54. The van der Waals surface area contributed by atoms with Gasteiger partial charge >= 0.3 is 5.97 Å². The molecule has 29 heavy (non-hydrogen) atoms. The average molecular weight is 398 g/mol. The zero-order valence-electron chi connectivity index (χ0n) is 16.4. The third-order valence-corrected chi connectivity index (χ3v) is 5.04. The van der Waals surface area contributed by atoms with Gasteiger partial charge in [0.15, 0.2) is 0 Å². The number of nitrogens with zero attached hydrogens (tertiary/aromatic N) is 2. The highest BCUT2D eigenvalue weighted by Crippen LogP contribution is 2.29. The molecular formula is C23H27FN2O3. The second-order valence-corrected chi connectivity index (χ2v) is 7.08. The van der Waals surface area contributed by atoms with Gasteiger partial charge in [-0.2, -0.15) is 0 Å². The molecule has 0 bridgehead atoms. The predicted octanol–water partition coefficient (Wildman–Crippen LogP) is 3.19. The maximum Gasteiger partial charge on any atom is 0.329 e. The molecule has 2 aromatic carbocycles. The average Bonchev–Trinajstić information content (AvgIpc) is 2.74. The van der Waals surface area contributed by atoms with E-state index < -0.39 is 5.97 Å². The standard InChI is InChI=1S/C23H27FN2O3/c24-21-10-8-20(9-11-21)23(19-6-2-1-3-7-19)26-15-13-25(14-16-26)12-4-5-17-29-18-22(27)28/h1-11,23H,12-18H2,(H,27,28)/b5-4+/t23-/m1/s1. The molecule has 1 N–H and O–H groups in total. The third kappa shape index (κ3) is 6.49. The Morgan fingerprint density at radius 3 is 2.31 bits per heavy atom. The molecule has 0 amide bonds. The first-order valence-electron chi connectivity index (χ1n) is 9.85. The van der Waals surface area contributed by atoms with E-state index in [2.05, 4.69) is 21.9 Å². The molecule has 1 heterocycles. The summed E-state index contributed by atoms with van der Waals surface area (Å²) in [6.07, 6.45) is 3.88. The zero-order valence-corrected chi connectivity index (χ0v) is 16.4. The number of hydrogen-bond donors (Lipinski definition) is 1. The number of halogens is 1. The lowest BCUT2D eigenvalue weighted by Crippen LogP contribution is -2.47. The summed E-state index contributed by atoms with van der Waals surface area (Å²) in [6.45, 7) is 4.56. The number of ether oxygens (including phenoxy) is 1. The van der Waals surface area contributed by atoms with Gasteiger partial charge in [0.05, 0.1) is 12.6 Å². The highest BCUT2D eigenvalue weighted by molar-refractivity contribution is 5.68. The highest BCUT2D eigenvalue weighted by Gasteiger charge is 2.26. The molecule has 5 nitrogen and oxygen atoms in total. The van der Waals surface area contributed by atoms with Gasteiger partial charge in [-0.25, -0.2) is 9.18 Å². The Bertz CT molecular complexity index is 788. The number of carboxylic acids is 1. The molecule has 2 aromatic rings. The van der Waals surface area contributed by atoms with E-state index in [1.165, 1.54) is 17.7 Å². The van der Waals surface area contributed by atoms with Crippen molar-refractivity contribution in [3.63, 3.8) is 0 Å². The van der Waals surface area contributed by atoms with E-state index in [-0.39, 0.29) is 18.5 Å². The highest BCUT2D eigenvalue weighted by atomic mass is 19.1. The molecule has 1 fully saturated rings. The van der Waals surface area contributed by atoms with Crippen LogP contribution >= 0.6 is 0 Å². The quantitative estimate of drug-likeness (QED) is 0.519. The van der Waals surface area contributed by atoms with Gasteiger partial charge in [-0.15, -0.1) is 0 Å². The fraction of sp³-hybridized carbons (Fsp3) is 0.348. The summed E-state index contributed by atoms with van der Waals surface area (Å²) < 4.78 is 18.4. The molecule has 1 aliphatic heterocycles. The summed E-state index contributed by atoms with van der Waals surface area (Å²) in [5.74, 6) is -1.17. The number of carboxylic acid groups (broad SMARTS) is 1. The topological polar surface area (TPSA) is 53.0 Å². The first-order valence-corrected chi connectivity index (χ1v) is 9.85. The number of benzene rings is 2. The van der Waals surface area contributed by atoms with Crippen LogP contribution < -0.4 is 0 Å². The van der Waals surface area contributed by atoms with E-state index in [0.717, 1.165) is 38.3 Å². The van der Waals surface area contributed by atoms with Crippen molar-refractivity contribution in [1.29, 1.82) is 0 Å². The number of carbonyl (C=O) groups is 1. The van der Waals surface area contributed by atoms with E-state index >= 15 is 0 Å². The fourth-order valence-corrected chi connectivity index (χ4v) is 3.60. The van der Waals surface area contributed by atoms with Gasteiger partial charge in [0.2, 0.25) is 0 Å². The van der Waals surface area contributed by atoms with Crippen molar-refractivity contribution in [3.8, 4) is 0 Å². The Kier molecular flexibility index (Phi) is 7.93. The number of aliphatic carboxylic acids is 1. The molecule has 0 radical (unpaired) electrons. The molecule has 0 saturated carbocycles. The number of piperazine rings is 1. The van der Waals surface area contributed by atoms with E-state index in [1.54, 1.807) is 0 Å². The number of rotatable bonds is 9.